The van der Waals surface area contributed by atoms with Gasteiger partial charge in [-0.25, -0.2) is 13.4 Å². The molecule has 0 spiro atoms. The number of benzene rings is 1. The molecular weight excluding hydrogens is 496 g/mol. The Kier molecular flexibility index (Phi) is 8.70. The monoisotopic (exact) mass is 532 g/mol. The molecule has 2 aliphatic rings. The van der Waals surface area contributed by atoms with E-state index < -0.39 is 10.0 Å². The van der Waals surface area contributed by atoms with E-state index in [1.165, 1.54) is 16.8 Å². The summed E-state index contributed by atoms with van der Waals surface area (Å²) in [5, 5.41) is 2.82. The first-order chi connectivity index (χ1) is 17.8. The molecule has 12 heteroatoms. The van der Waals surface area contributed by atoms with Crippen molar-refractivity contribution in [3.63, 3.8) is 0 Å². The van der Waals surface area contributed by atoms with E-state index in [1.54, 1.807) is 18.7 Å². The summed E-state index contributed by atoms with van der Waals surface area (Å²) < 4.78 is 34.4. The Morgan fingerprint density at radius 2 is 1.78 bits per heavy atom. The van der Waals surface area contributed by atoms with E-state index in [9.17, 15) is 18.0 Å². The van der Waals surface area contributed by atoms with Crippen LogP contribution in [0.4, 0.5) is 5.69 Å². The minimum absolute atomic E-state index is 0.0346. The first-order valence-corrected chi connectivity index (χ1v) is 14.1. The van der Waals surface area contributed by atoms with Crippen molar-refractivity contribution in [2.75, 3.05) is 57.8 Å². The Hall–Kier alpha value is -3.12. The molecule has 2 aromatic rings. The molecule has 2 aliphatic heterocycles. The van der Waals surface area contributed by atoms with Crippen molar-refractivity contribution in [3.8, 4) is 5.75 Å². The van der Waals surface area contributed by atoms with Crippen molar-refractivity contribution in [3.05, 3.63) is 36.8 Å². The van der Waals surface area contributed by atoms with E-state index in [4.69, 9.17) is 4.74 Å². The van der Waals surface area contributed by atoms with E-state index in [-0.39, 0.29) is 42.3 Å². The number of ether oxygens (including phenoxy) is 1. The molecule has 0 radical (unpaired) electrons. The zero-order chi connectivity index (χ0) is 26.4. The van der Waals surface area contributed by atoms with E-state index in [2.05, 4.69) is 15.2 Å². The van der Waals surface area contributed by atoms with Crippen LogP contribution in [0.25, 0.3) is 0 Å². The predicted octanol–water partition coefficient (Wildman–Crippen LogP) is 1.07. The molecule has 0 saturated carbocycles. The van der Waals surface area contributed by atoms with Crippen molar-refractivity contribution in [1.82, 2.24) is 24.1 Å². The molecule has 37 heavy (non-hydrogen) atoms. The molecule has 202 valence electrons. The Morgan fingerprint density at radius 3 is 2.43 bits per heavy atom. The maximum absolute atomic E-state index is 13.4. The van der Waals surface area contributed by atoms with Gasteiger partial charge in [0.15, 0.2) is 5.03 Å². The van der Waals surface area contributed by atoms with Gasteiger partial charge in [0.25, 0.3) is 10.0 Å². The number of nitrogens with zero attached hydrogens (tertiary/aromatic N) is 5. The van der Waals surface area contributed by atoms with Gasteiger partial charge in [0.2, 0.25) is 11.8 Å². The number of hydrogen-bond acceptors (Lipinski definition) is 7. The third kappa shape index (κ3) is 6.61. The van der Waals surface area contributed by atoms with Gasteiger partial charge in [-0.05, 0) is 43.5 Å². The molecule has 4 rings (SSSR count). The molecule has 11 nitrogen and oxygen atoms in total. The number of hydrogen-bond donors (Lipinski definition) is 1. The van der Waals surface area contributed by atoms with Gasteiger partial charge in [-0.15, -0.1) is 0 Å². The smallest absolute Gasteiger partial charge is 0.262 e. The molecule has 1 aromatic heterocycles. The first kappa shape index (κ1) is 26.9. The van der Waals surface area contributed by atoms with Crippen LogP contribution in [-0.2, 0) is 26.7 Å². The zero-order valence-electron chi connectivity index (χ0n) is 21.5. The van der Waals surface area contributed by atoms with E-state index in [0.717, 1.165) is 24.5 Å². The summed E-state index contributed by atoms with van der Waals surface area (Å²) in [5.74, 6) is 0.387. The molecule has 2 fully saturated rings. The highest BCUT2D eigenvalue weighted by Gasteiger charge is 2.31. The van der Waals surface area contributed by atoms with Crippen molar-refractivity contribution in [2.24, 2.45) is 13.0 Å². The van der Waals surface area contributed by atoms with E-state index >= 15 is 0 Å². The Bertz CT molecular complexity index is 1170. The number of nitrogens with one attached hydrogen (secondary N) is 1. The summed E-state index contributed by atoms with van der Waals surface area (Å²) in [5.41, 5.74) is 1.10. The Labute approximate surface area is 218 Å². The number of aromatic nitrogens is 2. The molecule has 0 bridgehead atoms. The maximum Gasteiger partial charge on any atom is 0.262 e. The van der Waals surface area contributed by atoms with Gasteiger partial charge in [-0.1, -0.05) is 0 Å². The van der Waals surface area contributed by atoms with Crippen LogP contribution in [-0.4, -0.2) is 91.9 Å². The maximum atomic E-state index is 13.4. The third-order valence-electron chi connectivity index (χ3n) is 7.03. The molecule has 1 atom stereocenters. The second-order valence-electron chi connectivity index (χ2n) is 9.52. The number of amides is 2. The van der Waals surface area contributed by atoms with Gasteiger partial charge in [-0.2, -0.15) is 4.31 Å². The van der Waals surface area contributed by atoms with Crippen LogP contribution in [0.15, 0.2) is 41.8 Å². The number of piperazine rings is 1. The molecule has 1 N–H and O–H groups in total. The van der Waals surface area contributed by atoms with Crippen LogP contribution in [0.1, 0.15) is 25.7 Å². The number of methoxy groups -OCH3 is 1. The average Bonchev–Trinajstić information content (AvgIpc) is 3.34. The summed E-state index contributed by atoms with van der Waals surface area (Å²) in [6, 6.07) is 7.91. The number of anilines is 1. The highest BCUT2D eigenvalue weighted by atomic mass is 32.2. The van der Waals surface area contributed by atoms with Crippen LogP contribution >= 0.6 is 0 Å². The lowest BCUT2D eigenvalue weighted by molar-refractivity contribution is -0.136. The molecule has 1 unspecified atom stereocenters. The number of carbonyl (C=O) groups excluding carboxylic acids is 2. The van der Waals surface area contributed by atoms with Crippen LogP contribution in [0.2, 0.25) is 0 Å². The summed E-state index contributed by atoms with van der Waals surface area (Å²) in [6.07, 6.45) is 4.59. The summed E-state index contributed by atoms with van der Waals surface area (Å²) in [6.45, 7) is 3.42. The van der Waals surface area contributed by atoms with Gasteiger partial charge < -0.3 is 24.4 Å². The van der Waals surface area contributed by atoms with Gasteiger partial charge in [0.05, 0.1) is 13.4 Å². The Morgan fingerprint density at radius 1 is 1.05 bits per heavy atom. The first-order valence-electron chi connectivity index (χ1n) is 12.7. The standard InChI is InChI=1S/C25H36N6O5S/c1-28-18-24(27-19-28)37(34,35)31-12-3-4-20(9-11-26-23(32)10-13-31)25(33)30-16-14-29(15-17-30)21-5-7-22(36-2)8-6-21/h5-8,18-20H,3-4,9-17H2,1-2H3,(H,26,32). The quantitative estimate of drug-likeness (QED) is 0.612. The lowest BCUT2D eigenvalue weighted by atomic mass is 9.97. The van der Waals surface area contributed by atoms with Gasteiger partial charge >= 0.3 is 0 Å². The lowest BCUT2D eigenvalue weighted by Gasteiger charge is -2.37. The van der Waals surface area contributed by atoms with Gasteiger partial charge in [0.1, 0.15) is 5.75 Å². The number of imidazole rings is 1. The second kappa shape index (κ2) is 12.0. The number of aryl methyl sites for hydroxylation is 1. The minimum Gasteiger partial charge on any atom is -0.497 e. The van der Waals surface area contributed by atoms with Crippen molar-refractivity contribution in [2.45, 2.75) is 30.7 Å². The van der Waals surface area contributed by atoms with Crippen LogP contribution in [0.5, 0.6) is 5.75 Å². The summed E-state index contributed by atoms with van der Waals surface area (Å²) in [4.78, 5) is 33.9. The van der Waals surface area contributed by atoms with Crippen molar-refractivity contribution >= 4 is 27.5 Å². The number of sulfonamides is 1. The highest BCUT2D eigenvalue weighted by Crippen LogP contribution is 2.23. The zero-order valence-corrected chi connectivity index (χ0v) is 22.3. The number of carbonyl (C=O) groups is 2. The highest BCUT2D eigenvalue weighted by molar-refractivity contribution is 7.89. The second-order valence-corrected chi connectivity index (χ2v) is 11.4. The predicted molar refractivity (Wildman–Crippen MR) is 139 cm³/mol. The molecule has 2 saturated heterocycles. The fourth-order valence-electron chi connectivity index (χ4n) is 4.85. The molecule has 1 aromatic carbocycles. The SMILES string of the molecule is COc1ccc(N2CCN(C(=O)C3CCCN(S(=O)(=O)c4cn(C)cn4)CCC(=O)NCC3)CC2)cc1. The molecular formula is C25H36N6O5S. The number of rotatable bonds is 5. The van der Waals surface area contributed by atoms with Crippen LogP contribution < -0.4 is 15.0 Å². The van der Waals surface area contributed by atoms with Gasteiger partial charge in [0, 0.05) is 77.1 Å². The van der Waals surface area contributed by atoms with Crippen LogP contribution in [0.3, 0.4) is 0 Å². The largest absolute Gasteiger partial charge is 0.497 e. The topological polar surface area (TPSA) is 117 Å². The van der Waals surface area contributed by atoms with Crippen LogP contribution in [0, 0.1) is 5.92 Å². The third-order valence-corrected chi connectivity index (χ3v) is 8.81. The molecule has 0 aliphatic carbocycles. The average molecular weight is 533 g/mol. The fourth-order valence-corrected chi connectivity index (χ4v) is 6.29. The summed E-state index contributed by atoms with van der Waals surface area (Å²) >= 11 is 0. The molecule has 3 heterocycles. The van der Waals surface area contributed by atoms with E-state index in [0.29, 0.717) is 38.9 Å². The Balaban J connectivity index is 1.38. The molecule has 2 amide bonds. The minimum atomic E-state index is -3.83. The van der Waals surface area contributed by atoms with E-state index in [1.807, 2.05) is 29.2 Å². The fraction of sp³-hybridized carbons (Fsp3) is 0.560. The lowest BCUT2D eigenvalue weighted by Crippen LogP contribution is -2.50. The van der Waals surface area contributed by atoms with Crippen molar-refractivity contribution < 1.29 is 22.7 Å². The van der Waals surface area contributed by atoms with Crippen molar-refractivity contribution in [1.29, 1.82) is 0 Å². The summed E-state index contributed by atoms with van der Waals surface area (Å²) in [7, 11) is -0.478. The normalized spacial score (nSPS) is 20.7. The van der Waals surface area contributed by atoms with Gasteiger partial charge in [-0.3, -0.25) is 9.59 Å².